The van der Waals surface area contributed by atoms with Crippen molar-refractivity contribution in [3.05, 3.63) is 53.3 Å². The van der Waals surface area contributed by atoms with Crippen LogP contribution in [0.15, 0.2) is 36.5 Å². The zero-order valence-corrected chi connectivity index (χ0v) is 16.0. The molecule has 0 radical (unpaired) electrons. The Morgan fingerprint density at radius 1 is 1.37 bits per heavy atom. The van der Waals surface area contributed by atoms with Crippen LogP contribution in [0.4, 0.5) is 0 Å². The average molecular weight is 371 g/mol. The van der Waals surface area contributed by atoms with Crippen molar-refractivity contribution in [2.75, 3.05) is 26.4 Å². The lowest BCUT2D eigenvalue weighted by molar-refractivity contribution is 0.0166. The normalized spacial score (nSPS) is 16.6. The maximum absolute atomic E-state index is 12.5. The summed E-state index contributed by atoms with van der Waals surface area (Å²) in [7, 11) is 0. The van der Waals surface area contributed by atoms with Crippen molar-refractivity contribution in [3.63, 3.8) is 0 Å². The van der Waals surface area contributed by atoms with E-state index in [-0.39, 0.29) is 12.0 Å². The SMILES string of the molecule is CCc1c(C(=O)NCCCOCC2CCCO2)cnn1Cc1ccccc1. The van der Waals surface area contributed by atoms with Crippen molar-refractivity contribution in [3.8, 4) is 0 Å². The molecule has 0 aliphatic carbocycles. The van der Waals surface area contributed by atoms with Gasteiger partial charge in [0, 0.05) is 19.8 Å². The van der Waals surface area contributed by atoms with Crippen LogP contribution in [0.1, 0.15) is 47.8 Å². The van der Waals surface area contributed by atoms with E-state index in [1.165, 1.54) is 5.56 Å². The van der Waals surface area contributed by atoms with E-state index in [1.54, 1.807) is 6.20 Å². The first-order valence-corrected chi connectivity index (χ1v) is 9.84. The lowest BCUT2D eigenvalue weighted by atomic mass is 10.1. The topological polar surface area (TPSA) is 65.4 Å². The fourth-order valence-corrected chi connectivity index (χ4v) is 3.33. The van der Waals surface area contributed by atoms with E-state index in [2.05, 4.69) is 22.5 Å². The van der Waals surface area contributed by atoms with Gasteiger partial charge in [0.15, 0.2) is 0 Å². The highest BCUT2D eigenvalue weighted by Crippen LogP contribution is 2.13. The number of hydrogen-bond donors (Lipinski definition) is 1. The highest BCUT2D eigenvalue weighted by atomic mass is 16.5. The maximum Gasteiger partial charge on any atom is 0.254 e. The molecule has 0 spiro atoms. The summed E-state index contributed by atoms with van der Waals surface area (Å²) in [5.41, 5.74) is 2.80. The van der Waals surface area contributed by atoms with Gasteiger partial charge in [0.2, 0.25) is 0 Å². The van der Waals surface area contributed by atoms with E-state index in [0.29, 0.717) is 31.9 Å². The molecule has 1 aliphatic heterocycles. The summed E-state index contributed by atoms with van der Waals surface area (Å²) in [6.07, 6.45) is 5.69. The molecule has 3 rings (SSSR count). The molecule has 0 bridgehead atoms. The van der Waals surface area contributed by atoms with Crippen LogP contribution >= 0.6 is 0 Å². The van der Waals surface area contributed by atoms with Crippen molar-refractivity contribution in [2.24, 2.45) is 0 Å². The minimum absolute atomic E-state index is 0.0645. The number of aromatic nitrogens is 2. The van der Waals surface area contributed by atoms with Crippen LogP contribution in [0, 0.1) is 0 Å². The summed E-state index contributed by atoms with van der Waals surface area (Å²) < 4.78 is 13.1. The maximum atomic E-state index is 12.5. The van der Waals surface area contributed by atoms with Crippen molar-refractivity contribution >= 4 is 5.91 Å². The third-order valence-electron chi connectivity index (χ3n) is 4.78. The van der Waals surface area contributed by atoms with Crippen molar-refractivity contribution in [1.82, 2.24) is 15.1 Å². The van der Waals surface area contributed by atoms with E-state index in [4.69, 9.17) is 9.47 Å². The molecule has 1 aromatic carbocycles. The quantitative estimate of drug-likeness (QED) is 0.652. The first-order valence-electron chi connectivity index (χ1n) is 9.84. The van der Waals surface area contributed by atoms with Gasteiger partial charge in [-0.15, -0.1) is 0 Å². The molecule has 1 atom stereocenters. The van der Waals surface area contributed by atoms with Crippen molar-refractivity contribution in [2.45, 2.75) is 45.3 Å². The first-order chi connectivity index (χ1) is 13.3. The third kappa shape index (κ3) is 5.65. The second-order valence-electron chi connectivity index (χ2n) is 6.82. The highest BCUT2D eigenvalue weighted by Gasteiger charge is 2.17. The molecule has 146 valence electrons. The first kappa shape index (κ1) is 19.6. The van der Waals surface area contributed by atoms with Gasteiger partial charge in [-0.25, -0.2) is 0 Å². The Morgan fingerprint density at radius 3 is 2.96 bits per heavy atom. The molecule has 6 heteroatoms. The van der Waals surface area contributed by atoms with E-state index < -0.39 is 0 Å². The Morgan fingerprint density at radius 2 is 2.22 bits per heavy atom. The molecule has 1 amide bonds. The van der Waals surface area contributed by atoms with Gasteiger partial charge in [-0.3, -0.25) is 9.48 Å². The van der Waals surface area contributed by atoms with Crippen LogP contribution in [0.3, 0.4) is 0 Å². The van der Waals surface area contributed by atoms with Gasteiger partial charge in [0.1, 0.15) is 0 Å². The molecule has 1 N–H and O–H groups in total. The average Bonchev–Trinajstić information content (AvgIpc) is 3.35. The van der Waals surface area contributed by atoms with Crippen molar-refractivity contribution < 1.29 is 14.3 Å². The molecule has 1 fully saturated rings. The molecule has 1 unspecified atom stereocenters. The minimum atomic E-state index is -0.0645. The summed E-state index contributed by atoms with van der Waals surface area (Å²) >= 11 is 0. The molecule has 27 heavy (non-hydrogen) atoms. The Balaban J connectivity index is 1.43. The molecular formula is C21H29N3O3. The van der Waals surface area contributed by atoms with Crippen LogP contribution < -0.4 is 5.32 Å². The number of benzene rings is 1. The predicted octanol–water partition coefficient (Wildman–Crippen LogP) is 2.81. The largest absolute Gasteiger partial charge is 0.379 e. The summed E-state index contributed by atoms with van der Waals surface area (Å²) in [5, 5.41) is 7.40. The fraction of sp³-hybridized carbons (Fsp3) is 0.524. The smallest absolute Gasteiger partial charge is 0.254 e. The standard InChI is InChI=1S/C21H29N3O3/c1-2-20-19(14-23-24(20)15-17-8-4-3-5-9-17)21(25)22-11-7-12-26-16-18-10-6-13-27-18/h3-5,8-9,14,18H,2,6-7,10-13,15-16H2,1H3,(H,22,25). The van der Waals surface area contributed by atoms with Gasteiger partial charge < -0.3 is 14.8 Å². The zero-order chi connectivity index (χ0) is 18.9. The lowest BCUT2D eigenvalue weighted by Crippen LogP contribution is -2.26. The van der Waals surface area contributed by atoms with Gasteiger partial charge in [0.25, 0.3) is 5.91 Å². The predicted molar refractivity (Wildman–Crippen MR) is 104 cm³/mol. The van der Waals surface area contributed by atoms with Gasteiger partial charge >= 0.3 is 0 Å². The Hall–Kier alpha value is -2.18. The van der Waals surface area contributed by atoms with Crippen LogP contribution in [-0.4, -0.2) is 48.2 Å². The third-order valence-corrected chi connectivity index (χ3v) is 4.78. The summed E-state index contributed by atoms with van der Waals surface area (Å²) in [6, 6.07) is 10.2. The van der Waals surface area contributed by atoms with Crippen LogP contribution in [0.5, 0.6) is 0 Å². The molecule has 6 nitrogen and oxygen atoms in total. The number of carbonyl (C=O) groups is 1. The Labute approximate surface area is 160 Å². The van der Waals surface area contributed by atoms with Gasteiger partial charge in [0.05, 0.1) is 36.7 Å². The number of hydrogen-bond acceptors (Lipinski definition) is 4. The van der Waals surface area contributed by atoms with Gasteiger partial charge in [-0.2, -0.15) is 5.10 Å². The highest BCUT2D eigenvalue weighted by molar-refractivity contribution is 5.95. The number of nitrogens with zero attached hydrogens (tertiary/aromatic N) is 2. The summed E-state index contributed by atoms with van der Waals surface area (Å²) in [4.78, 5) is 12.5. The van der Waals surface area contributed by atoms with E-state index in [9.17, 15) is 4.79 Å². The number of ether oxygens (including phenoxy) is 2. The zero-order valence-electron chi connectivity index (χ0n) is 16.0. The molecule has 1 saturated heterocycles. The van der Waals surface area contributed by atoms with Crippen LogP contribution in [0.25, 0.3) is 0 Å². The van der Waals surface area contributed by atoms with Gasteiger partial charge in [-0.05, 0) is 31.2 Å². The summed E-state index contributed by atoms with van der Waals surface area (Å²) in [5.74, 6) is -0.0645. The molecule has 2 heterocycles. The molecule has 1 aromatic heterocycles. The van der Waals surface area contributed by atoms with Crippen LogP contribution in [-0.2, 0) is 22.4 Å². The Kier molecular flexibility index (Phi) is 7.42. The van der Waals surface area contributed by atoms with Crippen LogP contribution in [0.2, 0.25) is 0 Å². The van der Waals surface area contributed by atoms with E-state index in [1.807, 2.05) is 29.8 Å². The number of carbonyl (C=O) groups excluding carboxylic acids is 1. The van der Waals surface area contributed by atoms with E-state index in [0.717, 1.165) is 38.0 Å². The molecular weight excluding hydrogens is 342 g/mol. The van der Waals surface area contributed by atoms with E-state index >= 15 is 0 Å². The van der Waals surface area contributed by atoms with Gasteiger partial charge in [-0.1, -0.05) is 37.3 Å². The van der Waals surface area contributed by atoms with Crippen molar-refractivity contribution in [1.29, 1.82) is 0 Å². The molecule has 2 aromatic rings. The molecule has 0 saturated carbocycles. The Bertz CT molecular complexity index is 709. The second-order valence-corrected chi connectivity index (χ2v) is 6.82. The number of amides is 1. The fourth-order valence-electron chi connectivity index (χ4n) is 3.33. The molecule has 1 aliphatic rings. The minimum Gasteiger partial charge on any atom is -0.379 e. The lowest BCUT2D eigenvalue weighted by Gasteiger charge is -2.11. The number of nitrogens with one attached hydrogen (secondary N) is 1. The number of rotatable bonds is 10. The second kappa shape index (κ2) is 10.2. The monoisotopic (exact) mass is 371 g/mol. The summed E-state index contributed by atoms with van der Waals surface area (Å²) in [6.45, 7) is 5.45.